The molecule has 1 aromatic rings. The summed E-state index contributed by atoms with van der Waals surface area (Å²) in [6.45, 7) is 6.48. The fourth-order valence-electron chi connectivity index (χ4n) is 0.941. The molecule has 1 heterocycles. The summed E-state index contributed by atoms with van der Waals surface area (Å²) in [5, 5.41) is 9.95. The lowest BCUT2D eigenvalue weighted by atomic mass is 10.2. The molecule has 15 heavy (non-hydrogen) atoms. The Morgan fingerprint density at radius 1 is 1.47 bits per heavy atom. The molecule has 0 aliphatic heterocycles. The van der Waals surface area contributed by atoms with Gasteiger partial charge in [-0.15, -0.1) is 11.8 Å². The van der Waals surface area contributed by atoms with E-state index in [1.807, 2.05) is 6.07 Å². The molecule has 80 valence electrons. The summed E-state index contributed by atoms with van der Waals surface area (Å²) in [6.07, 6.45) is 1.56. The van der Waals surface area contributed by atoms with Gasteiger partial charge in [-0.25, -0.2) is 4.98 Å². The van der Waals surface area contributed by atoms with E-state index in [1.54, 1.807) is 24.0 Å². The Bertz CT molecular complexity index is 382. The molecule has 0 amide bonds. The SMILES string of the molecule is CC(C)C(C)Sc1ncc(C#N)cc1N. The zero-order valence-electron chi connectivity index (χ0n) is 9.19. The predicted molar refractivity (Wildman–Crippen MR) is 63.5 cm³/mol. The quantitative estimate of drug-likeness (QED) is 0.797. The van der Waals surface area contributed by atoms with Crippen LogP contribution in [0.1, 0.15) is 26.3 Å². The molecule has 3 nitrogen and oxygen atoms in total. The number of nitrogens with two attached hydrogens (primary N) is 1. The van der Waals surface area contributed by atoms with Crippen molar-refractivity contribution in [3.63, 3.8) is 0 Å². The van der Waals surface area contributed by atoms with Gasteiger partial charge in [0.1, 0.15) is 11.1 Å². The molecule has 1 rings (SSSR count). The lowest BCUT2D eigenvalue weighted by Gasteiger charge is -2.15. The van der Waals surface area contributed by atoms with Crippen LogP contribution < -0.4 is 5.73 Å². The largest absolute Gasteiger partial charge is 0.397 e. The van der Waals surface area contributed by atoms with Crippen LogP contribution >= 0.6 is 11.8 Å². The molecule has 1 unspecified atom stereocenters. The minimum atomic E-state index is 0.465. The standard InChI is InChI=1S/C11H15N3S/c1-7(2)8(3)15-11-10(13)4-9(5-12)6-14-11/h4,6-8H,13H2,1-3H3. The van der Waals surface area contributed by atoms with E-state index >= 15 is 0 Å². The van der Waals surface area contributed by atoms with Crippen LogP contribution in [-0.2, 0) is 0 Å². The Morgan fingerprint density at radius 3 is 2.60 bits per heavy atom. The van der Waals surface area contributed by atoms with E-state index in [1.165, 1.54) is 0 Å². The first-order chi connectivity index (χ1) is 7.04. The highest BCUT2D eigenvalue weighted by Crippen LogP contribution is 2.30. The van der Waals surface area contributed by atoms with Gasteiger partial charge in [-0.2, -0.15) is 5.26 Å². The molecule has 0 spiro atoms. The molecule has 0 aromatic carbocycles. The van der Waals surface area contributed by atoms with E-state index < -0.39 is 0 Å². The van der Waals surface area contributed by atoms with Gasteiger partial charge in [-0.1, -0.05) is 20.8 Å². The highest BCUT2D eigenvalue weighted by Gasteiger charge is 2.12. The molecule has 0 saturated carbocycles. The van der Waals surface area contributed by atoms with E-state index in [0.29, 0.717) is 22.4 Å². The fourth-order valence-corrected chi connectivity index (χ4v) is 1.87. The number of rotatable bonds is 3. The second-order valence-electron chi connectivity index (χ2n) is 3.80. The Labute approximate surface area is 94.7 Å². The third-order valence-corrected chi connectivity index (χ3v) is 3.72. The summed E-state index contributed by atoms with van der Waals surface area (Å²) in [5.74, 6) is 0.576. The van der Waals surface area contributed by atoms with E-state index in [-0.39, 0.29) is 0 Å². The number of hydrogen-bond donors (Lipinski definition) is 1. The molecule has 0 fully saturated rings. The van der Waals surface area contributed by atoms with Gasteiger partial charge in [0.2, 0.25) is 0 Å². The van der Waals surface area contributed by atoms with Gasteiger partial charge >= 0.3 is 0 Å². The van der Waals surface area contributed by atoms with Crippen molar-refractivity contribution in [1.29, 1.82) is 5.26 Å². The van der Waals surface area contributed by atoms with Crippen LogP contribution in [0.3, 0.4) is 0 Å². The van der Waals surface area contributed by atoms with Gasteiger partial charge in [-0.3, -0.25) is 0 Å². The summed E-state index contributed by atoms with van der Waals surface area (Å²) in [6, 6.07) is 3.69. The first kappa shape index (κ1) is 11.9. The van der Waals surface area contributed by atoms with Gasteiger partial charge < -0.3 is 5.73 Å². The van der Waals surface area contributed by atoms with Gasteiger partial charge in [0.15, 0.2) is 0 Å². The lowest BCUT2D eigenvalue weighted by molar-refractivity contribution is 0.641. The molecule has 0 aliphatic rings. The highest BCUT2D eigenvalue weighted by atomic mass is 32.2. The summed E-state index contributed by atoms with van der Waals surface area (Å²) in [7, 11) is 0. The highest BCUT2D eigenvalue weighted by molar-refractivity contribution is 8.00. The van der Waals surface area contributed by atoms with Gasteiger partial charge in [0.25, 0.3) is 0 Å². The molecule has 1 aromatic heterocycles. The van der Waals surface area contributed by atoms with Crippen molar-refractivity contribution in [1.82, 2.24) is 4.98 Å². The average molecular weight is 221 g/mol. The molecule has 0 radical (unpaired) electrons. The maximum absolute atomic E-state index is 8.67. The maximum Gasteiger partial charge on any atom is 0.119 e. The Kier molecular flexibility index (Phi) is 3.98. The number of hydrogen-bond acceptors (Lipinski definition) is 4. The Balaban J connectivity index is 2.84. The number of nitriles is 1. The van der Waals surface area contributed by atoms with Crippen molar-refractivity contribution < 1.29 is 0 Å². The van der Waals surface area contributed by atoms with Crippen LogP contribution in [0.4, 0.5) is 5.69 Å². The number of aromatic nitrogens is 1. The third kappa shape index (κ3) is 3.14. The number of nitrogen functional groups attached to an aromatic ring is 1. The zero-order chi connectivity index (χ0) is 11.4. The van der Waals surface area contributed by atoms with Crippen molar-refractivity contribution in [2.24, 2.45) is 5.92 Å². The minimum absolute atomic E-state index is 0.465. The van der Waals surface area contributed by atoms with Crippen LogP contribution in [0.2, 0.25) is 0 Å². The van der Waals surface area contributed by atoms with E-state index in [4.69, 9.17) is 11.0 Å². The van der Waals surface area contributed by atoms with Crippen molar-refractivity contribution in [3.05, 3.63) is 17.8 Å². The first-order valence-electron chi connectivity index (χ1n) is 4.87. The van der Waals surface area contributed by atoms with Crippen molar-refractivity contribution in [2.45, 2.75) is 31.0 Å². The summed E-state index contributed by atoms with van der Waals surface area (Å²) >= 11 is 1.65. The van der Waals surface area contributed by atoms with Gasteiger partial charge in [-0.05, 0) is 12.0 Å². The minimum Gasteiger partial charge on any atom is -0.397 e. The van der Waals surface area contributed by atoms with Crippen LogP contribution in [0, 0.1) is 17.2 Å². The second kappa shape index (κ2) is 5.04. The zero-order valence-corrected chi connectivity index (χ0v) is 10.0. The molecule has 1 atom stereocenters. The number of thioether (sulfide) groups is 1. The van der Waals surface area contributed by atoms with E-state index in [0.717, 1.165) is 5.03 Å². The van der Waals surface area contributed by atoms with Crippen LogP contribution in [-0.4, -0.2) is 10.2 Å². The number of pyridine rings is 1. The van der Waals surface area contributed by atoms with Crippen LogP contribution in [0.5, 0.6) is 0 Å². The van der Waals surface area contributed by atoms with Crippen LogP contribution in [0.15, 0.2) is 17.3 Å². The molecule has 0 saturated heterocycles. The molecule has 2 N–H and O–H groups in total. The Hall–Kier alpha value is -1.21. The summed E-state index contributed by atoms with van der Waals surface area (Å²) in [4.78, 5) is 4.19. The second-order valence-corrected chi connectivity index (χ2v) is 5.16. The molecule has 0 aliphatic carbocycles. The predicted octanol–water partition coefficient (Wildman–Crippen LogP) is 2.67. The smallest absolute Gasteiger partial charge is 0.119 e. The topological polar surface area (TPSA) is 62.7 Å². The molecule has 4 heteroatoms. The third-order valence-electron chi connectivity index (χ3n) is 2.24. The van der Waals surface area contributed by atoms with Crippen molar-refractivity contribution in [2.75, 3.05) is 5.73 Å². The lowest BCUT2D eigenvalue weighted by Crippen LogP contribution is -2.06. The monoisotopic (exact) mass is 221 g/mol. The molecular weight excluding hydrogens is 206 g/mol. The maximum atomic E-state index is 8.67. The summed E-state index contributed by atoms with van der Waals surface area (Å²) in [5.41, 5.74) is 6.91. The van der Waals surface area contributed by atoms with Crippen molar-refractivity contribution >= 4 is 17.4 Å². The first-order valence-corrected chi connectivity index (χ1v) is 5.74. The van der Waals surface area contributed by atoms with E-state index in [2.05, 4.69) is 25.8 Å². The van der Waals surface area contributed by atoms with Gasteiger partial charge in [0, 0.05) is 11.4 Å². The van der Waals surface area contributed by atoms with Crippen LogP contribution in [0.25, 0.3) is 0 Å². The van der Waals surface area contributed by atoms with E-state index in [9.17, 15) is 0 Å². The number of anilines is 1. The summed E-state index contributed by atoms with van der Waals surface area (Å²) < 4.78 is 0. The molecule has 0 bridgehead atoms. The Morgan fingerprint density at radius 2 is 2.13 bits per heavy atom. The molecular formula is C11H15N3S. The van der Waals surface area contributed by atoms with Gasteiger partial charge in [0.05, 0.1) is 11.3 Å². The number of nitrogens with zero attached hydrogens (tertiary/aromatic N) is 2. The normalized spacial score (nSPS) is 12.5. The average Bonchev–Trinajstić information content (AvgIpc) is 2.20. The fraction of sp³-hybridized carbons (Fsp3) is 0.455. The van der Waals surface area contributed by atoms with Crippen molar-refractivity contribution in [3.8, 4) is 6.07 Å².